The van der Waals surface area contributed by atoms with Crippen LogP contribution >= 0.6 is 0 Å². The molecule has 1 heterocycles. The first-order chi connectivity index (χ1) is 7.69. The number of amides is 1. The third-order valence-electron chi connectivity index (χ3n) is 2.09. The SMILES string of the molecule is CC(C)(C)OC(=O)N1C[C@H](O)C[C@H]1OC(=O)O. The Labute approximate surface area is 98.9 Å². The number of hydrogen-bond donors (Lipinski definition) is 2. The standard InChI is InChI=1S/C10H17NO6/c1-10(2,3)17-8(13)11-5-6(12)4-7(11)16-9(14)15/h6-7,12H,4-5H2,1-3H3,(H,14,15)/t6-,7-/m1/s1. The number of carbonyl (C=O) groups excluding carboxylic acids is 1. The largest absolute Gasteiger partial charge is 0.507 e. The molecule has 0 bridgehead atoms. The predicted molar refractivity (Wildman–Crippen MR) is 56.5 cm³/mol. The molecule has 7 nitrogen and oxygen atoms in total. The fourth-order valence-electron chi connectivity index (χ4n) is 1.52. The van der Waals surface area contributed by atoms with Crippen LogP contribution in [0.3, 0.4) is 0 Å². The van der Waals surface area contributed by atoms with E-state index < -0.39 is 30.2 Å². The zero-order valence-corrected chi connectivity index (χ0v) is 10.0. The Kier molecular flexibility index (Phi) is 3.82. The zero-order valence-electron chi connectivity index (χ0n) is 10.0. The number of ether oxygens (including phenoxy) is 2. The van der Waals surface area contributed by atoms with Gasteiger partial charge >= 0.3 is 12.2 Å². The maximum absolute atomic E-state index is 11.7. The predicted octanol–water partition coefficient (Wildman–Crippen LogP) is 1.01. The lowest BCUT2D eigenvalue weighted by Gasteiger charge is -2.27. The molecular formula is C10H17NO6. The van der Waals surface area contributed by atoms with Gasteiger partial charge in [0.25, 0.3) is 0 Å². The minimum atomic E-state index is -1.49. The van der Waals surface area contributed by atoms with Gasteiger partial charge in [-0.15, -0.1) is 0 Å². The lowest BCUT2D eigenvalue weighted by Crippen LogP contribution is -2.41. The van der Waals surface area contributed by atoms with E-state index in [9.17, 15) is 14.7 Å². The molecule has 0 unspecified atom stereocenters. The third kappa shape index (κ3) is 4.10. The topological polar surface area (TPSA) is 96.3 Å². The van der Waals surface area contributed by atoms with Crippen molar-refractivity contribution in [2.45, 2.75) is 45.1 Å². The molecule has 0 radical (unpaired) electrons. The molecule has 1 saturated heterocycles. The summed E-state index contributed by atoms with van der Waals surface area (Å²) in [6.07, 6.45) is -3.91. The van der Waals surface area contributed by atoms with Crippen molar-refractivity contribution in [3.8, 4) is 0 Å². The van der Waals surface area contributed by atoms with Gasteiger partial charge in [0.05, 0.1) is 12.6 Å². The minimum absolute atomic E-state index is 0.00681. The number of carbonyl (C=O) groups is 2. The summed E-state index contributed by atoms with van der Waals surface area (Å²) >= 11 is 0. The third-order valence-corrected chi connectivity index (χ3v) is 2.09. The summed E-state index contributed by atoms with van der Waals surface area (Å²) in [5.41, 5.74) is -0.682. The van der Waals surface area contributed by atoms with Crippen LogP contribution in [0.5, 0.6) is 0 Å². The van der Waals surface area contributed by atoms with Crippen LogP contribution in [0.4, 0.5) is 9.59 Å². The van der Waals surface area contributed by atoms with E-state index in [1.165, 1.54) is 0 Å². The van der Waals surface area contributed by atoms with Crippen LogP contribution < -0.4 is 0 Å². The summed E-state index contributed by atoms with van der Waals surface area (Å²) in [6.45, 7) is 5.10. The van der Waals surface area contributed by atoms with Gasteiger partial charge < -0.3 is 19.7 Å². The summed E-state index contributed by atoms with van der Waals surface area (Å²) in [5, 5.41) is 17.9. The fourth-order valence-corrected chi connectivity index (χ4v) is 1.52. The Balaban J connectivity index is 2.66. The van der Waals surface area contributed by atoms with Gasteiger partial charge in [-0.2, -0.15) is 0 Å². The number of rotatable bonds is 1. The summed E-state index contributed by atoms with van der Waals surface area (Å²) in [6, 6.07) is 0. The number of carboxylic acid groups (broad SMARTS) is 1. The van der Waals surface area contributed by atoms with Gasteiger partial charge in [-0.25, -0.2) is 9.59 Å². The van der Waals surface area contributed by atoms with E-state index >= 15 is 0 Å². The van der Waals surface area contributed by atoms with Gasteiger partial charge in [-0.3, -0.25) is 4.90 Å². The van der Waals surface area contributed by atoms with Crippen molar-refractivity contribution in [2.24, 2.45) is 0 Å². The Morgan fingerprint density at radius 3 is 2.41 bits per heavy atom. The molecule has 0 aromatic heterocycles. The van der Waals surface area contributed by atoms with Crippen molar-refractivity contribution in [3.63, 3.8) is 0 Å². The molecule has 98 valence electrons. The Hall–Kier alpha value is -1.50. The molecule has 1 fully saturated rings. The molecule has 0 spiro atoms. The second kappa shape index (κ2) is 4.79. The summed E-state index contributed by atoms with van der Waals surface area (Å²) < 4.78 is 9.60. The number of likely N-dealkylation sites (tertiary alicyclic amines) is 1. The molecule has 2 N–H and O–H groups in total. The highest BCUT2D eigenvalue weighted by molar-refractivity contribution is 5.69. The van der Waals surface area contributed by atoms with Crippen LogP contribution in [0, 0.1) is 0 Å². The van der Waals surface area contributed by atoms with Gasteiger partial charge in [0, 0.05) is 6.42 Å². The smallest absolute Gasteiger partial charge is 0.450 e. The lowest BCUT2D eigenvalue weighted by molar-refractivity contribution is -0.0324. The van der Waals surface area contributed by atoms with Crippen molar-refractivity contribution in [1.29, 1.82) is 0 Å². The average molecular weight is 247 g/mol. The van der Waals surface area contributed by atoms with Crippen molar-refractivity contribution in [1.82, 2.24) is 4.90 Å². The van der Waals surface area contributed by atoms with E-state index in [-0.39, 0.29) is 13.0 Å². The molecular weight excluding hydrogens is 230 g/mol. The number of aliphatic hydroxyl groups is 1. The van der Waals surface area contributed by atoms with Crippen molar-refractivity contribution in [3.05, 3.63) is 0 Å². The highest BCUT2D eigenvalue weighted by atomic mass is 16.7. The van der Waals surface area contributed by atoms with Gasteiger partial charge in [0.1, 0.15) is 5.60 Å². The first-order valence-corrected chi connectivity index (χ1v) is 5.26. The monoisotopic (exact) mass is 247 g/mol. The lowest BCUT2D eigenvalue weighted by atomic mass is 10.2. The normalized spacial score (nSPS) is 24.6. The molecule has 17 heavy (non-hydrogen) atoms. The van der Waals surface area contributed by atoms with Gasteiger partial charge in [-0.05, 0) is 20.8 Å². The molecule has 1 rings (SSSR count). The van der Waals surface area contributed by atoms with Gasteiger partial charge in [-0.1, -0.05) is 0 Å². The number of nitrogens with zero attached hydrogens (tertiary/aromatic N) is 1. The molecule has 1 aliphatic heterocycles. The van der Waals surface area contributed by atoms with Crippen LogP contribution in [0.15, 0.2) is 0 Å². The van der Waals surface area contributed by atoms with Crippen molar-refractivity contribution in [2.75, 3.05) is 6.54 Å². The van der Waals surface area contributed by atoms with E-state index in [4.69, 9.17) is 9.84 Å². The molecule has 0 aromatic carbocycles. The van der Waals surface area contributed by atoms with Crippen LogP contribution in [-0.4, -0.2) is 51.8 Å². The van der Waals surface area contributed by atoms with E-state index in [2.05, 4.69) is 4.74 Å². The molecule has 0 aromatic rings. The van der Waals surface area contributed by atoms with Crippen LogP contribution in [-0.2, 0) is 9.47 Å². The molecule has 0 aliphatic carbocycles. The summed E-state index contributed by atoms with van der Waals surface area (Å²) in [5.74, 6) is 0. The maximum atomic E-state index is 11.7. The minimum Gasteiger partial charge on any atom is -0.450 e. The molecule has 0 saturated carbocycles. The average Bonchev–Trinajstić information content (AvgIpc) is 2.42. The summed E-state index contributed by atoms with van der Waals surface area (Å²) in [7, 11) is 0. The van der Waals surface area contributed by atoms with E-state index in [0.717, 1.165) is 4.90 Å². The zero-order chi connectivity index (χ0) is 13.2. The quantitative estimate of drug-likeness (QED) is 0.671. The van der Waals surface area contributed by atoms with Crippen LogP contribution in [0.25, 0.3) is 0 Å². The Bertz CT molecular complexity index is 310. The van der Waals surface area contributed by atoms with Crippen LogP contribution in [0.1, 0.15) is 27.2 Å². The second-order valence-corrected chi connectivity index (χ2v) is 4.86. The van der Waals surface area contributed by atoms with Crippen molar-refractivity contribution < 1.29 is 29.3 Å². The number of β-amino-alcohol motifs (C(OH)–C–C–N with tert-alkyl or cyclic N) is 1. The maximum Gasteiger partial charge on any atom is 0.507 e. The molecule has 1 amide bonds. The molecule has 7 heteroatoms. The van der Waals surface area contributed by atoms with E-state index in [1.54, 1.807) is 20.8 Å². The Morgan fingerprint density at radius 1 is 1.35 bits per heavy atom. The molecule has 1 aliphatic rings. The van der Waals surface area contributed by atoms with Crippen molar-refractivity contribution >= 4 is 12.2 Å². The summed E-state index contributed by atoms with van der Waals surface area (Å²) in [4.78, 5) is 23.2. The molecule has 2 atom stereocenters. The van der Waals surface area contributed by atoms with Crippen LogP contribution in [0.2, 0.25) is 0 Å². The highest BCUT2D eigenvalue weighted by Gasteiger charge is 2.39. The van der Waals surface area contributed by atoms with E-state index in [0.29, 0.717) is 0 Å². The number of aliphatic hydroxyl groups excluding tert-OH is 1. The van der Waals surface area contributed by atoms with E-state index in [1.807, 2.05) is 0 Å². The number of hydrogen-bond acceptors (Lipinski definition) is 5. The first-order valence-electron chi connectivity index (χ1n) is 5.26. The first kappa shape index (κ1) is 13.6. The Morgan fingerprint density at radius 2 is 1.94 bits per heavy atom. The van der Waals surface area contributed by atoms with Gasteiger partial charge in [0.15, 0.2) is 6.23 Å². The second-order valence-electron chi connectivity index (χ2n) is 4.86. The fraction of sp³-hybridized carbons (Fsp3) is 0.800. The highest BCUT2D eigenvalue weighted by Crippen LogP contribution is 2.22. The van der Waals surface area contributed by atoms with Gasteiger partial charge in [0.2, 0.25) is 0 Å².